The van der Waals surface area contributed by atoms with Crippen molar-refractivity contribution in [2.75, 3.05) is 13.7 Å². The van der Waals surface area contributed by atoms with Crippen molar-refractivity contribution in [2.45, 2.75) is 6.04 Å². The molecule has 3 aromatic carbocycles. The maximum absolute atomic E-state index is 12.4. The summed E-state index contributed by atoms with van der Waals surface area (Å²) >= 11 is 0. The molecule has 3 rings (SSSR count). The highest BCUT2D eigenvalue weighted by Crippen LogP contribution is 2.35. The number of fused-ring (bicyclic) bond motifs is 1. The van der Waals surface area contributed by atoms with Crippen LogP contribution >= 0.6 is 0 Å². The summed E-state index contributed by atoms with van der Waals surface area (Å²) in [6, 6.07) is 19.9. The molecule has 0 fully saturated rings. The molecule has 27 heavy (non-hydrogen) atoms. The SMILES string of the molecule is COC(=O)NCC(=O)N[C@H](c1ccccc1)c1c(O)ccc2ccccc12. The van der Waals surface area contributed by atoms with Crippen LogP contribution in [0.3, 0.4) is 0 Å². The molecule has 0 aliphatic heterocycles. The van der Waals surface area contributed by atoms with E-state index in [-0.39, 0.29) is 12.3 Å². The van der Waals surface area contributed by atoms with Crippen LogP contribution in [-0.4, -0.2) is 30.8 Å². The fourth-order valence-corrected chi connectivity index (χ4v) is 2.99. The van der Waals surface area contributed by atoms with Crippen LogP contribution in [0, 0.1) is 0 Å². The van der Waals surface area contributed by atoms with Gasteiger partial charge in [-0.05, 0) is 22.4 Å². The van der Waals surface area contributed by atoms with Crippen LogP contribution in [0.15, 0.2) is 66.7 Å². The minimum absolute atomic E-state index is 0.0868. The van der Waals surface area contributed by atoms with Gasteiger partial charge in [0.2, 0.25) is 5.91 Å². The van der Waals surface area contributed by atoms with Gasteiger partial charge in [0.1, 0.15) is 12.3 Å². The normalized spacial score (nSPS) is 11.6. The first-order valence-electron chi connectivity index (χ1n) is 8.47. The Hall–Kier alpha value is -3.54. The van der Waals surface area contributed by atoms with E-state index >= 15 is 0 Å². The number of carbonyl (C=O) groups excluding carboxylic acids is 2. The molecule has 0 radical (unpaired) electrons. The summed E-state index contributed by atoms with van der Waals surface area (Å²) in [6.45, 7) is -0.235. The van der Waals surface area contributed by atoms with Crippen molar-refractivity contribution in [1.29, 1.82) is 0 Å². The van der Waals surface area contributed by atoms with Gasteiger partial charge in [-0.25, -0.2) is 4.79 Å². The van der Waals surface area contributed by atoms with E-state index in [0.29, 0.717) is 5.56 Å². The van der Waals surface area contributed by atoms with Gasteiger partial charge in [0.15, 0.2) is 0 Å². The van der Waals surface area contributed by atoms with E-state index in [1.807, 2.05) is 60.7 Å². The molecular formula is C21H20N2O4. The third kappa shape index (κ3) is 4.17. The summed E-state index contributed by atoms with van der Waals surface area (Å²) < 4.78 is 4.48. The first-order chi connectivity index (χ1) is 13.1. The van der Waals surface area contributed by atoms with Crippen LogP contribution in [0.2, 0.25) is 0 Å². The predicted molar refractivity (Wildman–Crippen MR) is 102 cm³/mol. The smallest absolute Gasteiger partial charge is 0.407 e. The first-order valence-corrected chi connectivity index (χ1v) is 8.47. The number of methoxy groups -OCH3 is 1. The number of amides is 2. The van der Waals surface area contributed by atoms with E-state index in [1.165, 1.54) is 7.11 Å². The number of aromatic hydroxyl groups is 1. The summed E-state index contributed by atoms with van der Waals surface area (Å²) in [6.07, 6.45) is -0.686. The molecule has 2 amide bonds. The number of nitrogens with one attached hydrogen (secondary N) is 2. The Morgan fingerprint density at radius 3 is 2.44 bits per heavy atom. The van der Waals surface area contributed by atoms with Gasteiger partial charge in [-0.1, -0.05) is 60.7 Å². The van der Waals surface area contributed by atoms with Crippen molar-refractivity contribution in [3.8, 4) is 5.75 Å². The Balaban J connectivity index is 2.00. The molecule has 0 spiro atoms. The lowest BCUT2D eigenvalue weighted by atomic mass is 9.92. The molecule has 0 aromatic heterocycles. The Kier molecular flexibility index (Phi) is 5.56. The topological polar surface area (TPSA) is 87.7 Å². The van der Waals surface area contributed by atoms with E-state index in [4.69, 9.17) is 0 Å². The molecule has 0 aliphatic rings. The second-order valence-corrected chi connectivity index (χ2v) is 5.98. The van der Waals surface area contributed by atoms with Crippen LogP contribution in [0.25, 0.3) is 10.8 Å². The average molecular weight is 364 g/mol. The zero-order valence-corrected chi connectivity index (χ0v) is 14.8. The Bertz CT molecular complexity index is 957. The second-order valence-electron chi connectivity index (χ2n) is 5.98. The molecule has 0 saturated carbocycles. The standard InChI is InChI=1S/C21H20N2O4/c1-27-21(26)22-13-18(25)23-20(15-8-3-2-4-9-15)19-16-10-6-5-7-14(16)11-12-17(19)24/h2-12,20,24H,13H2,1H3,(H,22,26)(H,23,25)/t20-/m1/s1. The second kappa shape index (κ2) is 8.23. The number of ether oxygens (including phenoxy) is 1. The lowest BCUT2D eigenvalue weighted by Crippen LogP contribution is -2.39. The number of alkyl carbamates (subject to hydrolysis) is 1. The number of carbonyl (C=O) groups is 2. The molecule has 6 nitrogen and oxygen atoms in total. The zero-order valence-electron chi connectivity index (χ0n) is 14.8. The van der Waals surface area contributed by atoms with Crippen molar-refractivity contribution in [1.82, 2.24) is 10.6 Å². The minimum Gasteiger partial charge on any atom is -0.508 e. The van der Waals surface area contributed by atoms with Crippen molar-refractivity contribution >= 4 is 22.8 Å². The summed E-state index contributed by atoms with van der Waals surface area (Å²) in [5.74, 6) is -0.314. The van der Waals surface area contributed by atoms with Gasteiger partial charge in [-0.15, -0.1) is 0 Å². The van der Waals surface area contributed by atoms with Gasteiger partial charge in [0.05, 0.1) is 13.2 Å². The molecule has 138 valence electrons. The molecule has 0 aliphatic carbocycles. The summed E-state index contributed by atoms with van der Waals surface area (Å²) in [5, 5.41) is 17.6. The maximum Gasteiger partial charge on any atom is 0.407 e. The quantitative estimate of drug-likeness (QED) is 0.649. The lowest BCUT2D eigenvalue weighted by molar-refractivity contribution is -0.120. The summed E-state index contributed by atoms with van der Waals surface area (Å²) in [7, 11) is 1.23. The number of benzene rings is 3. The maximum atomic E-state index is 12.4. The van der Waals surface area contributed by atoms with Crippen molar-refractivity contribution in [3.63, 3.8) is 0 Å². The highest BCUT2D eigenvalue weighted by molar-refractivity contribution is 5.90. The predicted octanol–water partition coefficient (Wildman–Crippen LogP) is 3.11. The number of hydrogen-bond donors (Lipinski definition) is 3. The molecule has 0 bridgehead atoms. The number of phenolic OH excluding ortho intramolecular Hbond substituents is 1. The molecule has 3 N–H and O–H groups in total. The van der Waals surface area contributed by atoms with Crippen LogP contribution in [0.4, 0.5) is 4.79 Å². The Labute approximate surface area is 156 Å². The zero-order chi connectivity index (χ0) is 19.2. The molecule has 1 atom stereocenters. The fraction of sp³-hybridized carbons (Fsp3) is 0.143. The molecule has 6 heteroatoms. The van der Waals surface area contributed by atoms with Crippen molar-refractivity contribution < 1.29 is 19.4 Å². The number of hydrogen-bond acceptors (Lipinski definition) is 4. The lowest BCUT2D eigenvalue weighted by Gasteiger charge is -2.22. The van der Waals surface area contributed by atoms with Gasteiger partial charge in [-0.3, -0.25) is 4.79 Å². The summed E-state index contributed by atoms with van der Waals surface area (Å²) in [5.41, 5.74) is 1.42. The van der Waals surface area contributed by atoms with E-state index < -0.39 is 18.0 Å². The highest BCUT2D eigenvalue weighted by Gasteiger charge is 2.22. The molecular weight excluding hydrogens is 344 g/mol. The molecule has 0 unspecified atom stereocenters. The first kappa shape index (κ1) is 18.3. The van der Waals surface area contributed by atoms with Crippen molar-refractivity contribution in [3.05, 3.63) is 77.9 Å². The third-order valence-electron chi connectivity index (χ3n) is 4.25. The van der Waals surface area contributed by atoms with Gasteiger partial charge >= 0.3 is 6.09 Å². The largest absolute Gasteiger partial charge is 0.508 e. The van der Waals surface area contributed by atoms with Crippen LogP contribution in [0.5, 0.6) is 5.75 Å². The monoisotopic (exact) mass is 364 g/mol. The van der Waals surface area contributed by atoms with Gasteiger partial charge < -0.3 is 20.5 Å². The molecule has 0 heterocycles. The van der Waals surface area contributed by atoms with E-state index in [0.717, 1.165) is 16.3 Å². The average Bonchev–Trinajstić information content (AvgIpc) is 2.71. The summed E-state index contributed by atoms with van der Waals surface area (Å²) in [4.78, 5) is 23.6. The number of phenols is 1. The van der Waals surface area contributed by atoms with Crippen LogP contribution in [-0.2, 0) is 9.53 Å². The van der Waals surface area contributed by atoms with E-state index in [1.54, 1.807) is 6.07 Å². The van der Waals surface area contributed by atoms with E-state index in [9.17, 15) is 14.7 Å². The Morgan fingerprint density at radius 1 is 1.00 bits per heavy atom. The molecule has 3 aromatic rings. The van der Waals surface area contributed by atoms with Gasteiger partial charge in [-0.2, -0.15) is 0 Å². The molecule has 0 saturated heterocycles. The van der Waals surface area contributed by atoms with Crippen LogP contribution < -0.4 is 10.6 Å². The van der Waals surface area contributed by atoms with E-state index in [2.05, 4.69) is 15.4 Å². The van der Waals surface area contributed by atoms with Gasteiger partial charge in [0.25, 0.3) is 0 Å². The highest BCUT2D eigenvalue weighted by atomic mass is 16.5. The Morgan fingerprint density at radius 2 is 1.70 bits per heavy atom. The fourth-order valence-electron chi connectivity index (χ4n) is 2.99. The third-order valence-corrected chi connectivity index (χ3v) is 4.25. The minimum atomic E-state index is -0.686. The number of rotatable bonds is 5. The van der Waals surface area contributed by atoms with Crippen molar-refractivity contribution in [2.24, 2.45) is 0 Å². The van der Waals surface area contributed by atoms with Gasteiger partial charge in [0, 0.05) is 5.56 Å². The van der Waals surface area contributed by atoms with Crippen LogP contribution in [0.1, 0.15) is 17.2 Å².